The largest absolute Gasteiger partial charge is 0.382 e. The number of benzene rings is 1. The van der Waals surface area contributed by atoms with E-state index >= 15 is 0 Å². The molecule has 5 nitrogen and oxygen atoms in total. The molecule has 19 heavy (non-hydrogen) atoms. The Hall–Kier alpha value is -1.72. The van der Waals surface area contributed by atoms with Crippen LogP contribution in [0.5, 0.6) is 0 Å². The summed E-state index contributed by atoms with van der Waals surface area (Å²) in [6.45, 7) is 2.34. The molecule has 0 amide bonds. The van der Waals surface area contributed by atoms with Gasteiger partial charge in [-0.2, -0.15) is 4.98 Å². The highest BCUT2D eigenvalue weighted by Crippen LogP contribution is 2.17. The summed E-state index contributed by atoms with van der Waals surface area (Å²) in [6.07, 6.45) is 2.29. The average Bonchev–Trinajstić information content (AvgIpc) is 2.94. The molecule has 0 saturated carbocycles. The van der Waals surface area contributed by atoms with Gasteiger partial charge in [0, 0.05) is 12.7 Å². The smallest absolute Gasteiger partial charge is 0.240 e. The predicted octanol–water partition coefficient (Wildman–Crippen LogP) is 2.16. The molecule has 0 radical (unpaired) electrons. The lowest BCUT2D eigenvalue weighted by atomic mass is 10.1. The fourth-order valence-corrected chi connectivity index (χ4v) is 1.76. The first kappa shape index (κ1) is 13.7. The van der Waals surface area contributed by atoms with Gasteiger partial charge in [-0.1, -0.05) is 29.4 Å². The van der Waals surface area contributed by atoms with Gasteiger partial charge in [0.15, 0.2) is 0 Å². The van der Waals surface area contributed by atoms with Gasteiger partial charge >= 0.3 is 0 Å². The molecule has 0 aliphatic carbocycles. The highest BCUT2D eigenvalue weighted by molar-refractivity contribution is 5.54. The number of hydrogen-bond acceptors (Lipinski definition) is 5. The summed E-state index contributed by atoms with van der Waals surface area (Å²) >= 11 is 0. The molecular formula is C14H19N3O2. The first-order valence-corrected chi connectivity index (χ1v) is 6.37. The summed E-state index contributed by atoms with van der Waals surface area (Å²) in [4.78, 5) is 4.19. The van der Waals surface area contributed by atoms with E-state index in [1.54, 1.807) is 7.11 Å². The molecule has 1 aromatic heterocycles. The molecule has 0 aliphatic rings. The van der Waals surface area contributed by atoms with E-state index in [0.717, 1.165) is 18.4 Å². The number of aromatic nitrogens is 2. The molecule has 1 heterocycles. The Labute approximate surface area is 112 Å². The van der Waals surface area contributed by atoms with Gasteiger partial charge in [-0.25, -0.2) is 0 Å². The van der Waals surface area contributed by atoms with Crippen LogP contribution in [0.1, 0.15) is 24.8 Å². The number of nitrogens with zero attached hydrogens (tertiary/aromatic N) is 2. The number of ether oxygens (including phenoxy) is 1. The molecule has 2 aromatic rings. The second kappa shape index (κ2) is 6.45. The van der Waals surface area contributed by atoms with E-state index in [0.29, 0.717) is 11.7 Å². The number of aryl methyl sites for hydroxylation is 1. The Kier molecular flexibility index (Phi) is 4.65. The predicted molar refractivity (Wildman–Crippen MR) is 72.4 cm³/mol. The normalized spacial score (nSPS) is 12.6. The second-order valence-electron chi connectivity index (χ2n) is 4.50. The van der Waals surface area contributed by atoms with Crippen LogP contribution in [-0.2, 0) is 17.7 Å². The Morgan fingerprint density at radius 3 is 2.63 bits per heavy atom. The molecule has 0 bridgehead atoms. The molecule has 0 fully saturated rings. The summed E-state index contributed by atoms with van der Waals surface area (Å²) in [6, 6.07) is 8.16. The molecule has 1 atom stereocenters. The van der Waals surface area contributed by atoms with Crippen LogP contribution in [0, 0.1) is 0 Å². The van der Waals surface area contributed by atoms with Crippen LogP contribution in [0.25, 0.3) is 11.4 Å². The molecule has 1 unspecified atom stereocenters. The van der Waals surface area contributed by atoms with Crippen molar-refractivity contribution < 1.29 is 9.26 Å². The third kappa shape index (κ3) is 3.62. The highest BCUT2D eigenvalue weighted by Gasteiger charge is 2.07. The Balaban J connectivity index is 2.01. The quantitative estimate of drug-likeness (QED) is 0.862. The van der Waals surface area contributed by atoms with Crippen LogP contribution >= 0.6 is 0 Å². The maximum atomic E-state index is 5.44. The SMILES string of the molecule is COC(C)CCc1ccc(-c2noc(CN)n2)cc1. The van der Waals surface area contributed by atoms with Crippen molar-refractivity contribution in [1.29, 1.82) is 0 Å². The summed E-state index contributed by atoms with van der Waals surface area (Å²) in [5, 5.41) is 3.89. The van der Waals surface area contributed by atoms with Gasteiger partial charge in [0.2, 0.25) is 11.7 Å². The van der Waals surface area contributed by atoms with Crippen LogP contribution in [0.4, 0.5) is 0 Å². The van der Waals surface area contributed by atoms with E-state index in [9.17, 15) is 0 Å². The standard InChI is InChI=1S/C14H19N3O2/c1-10(18-2)3-4-11-5-7-12(8-6-11)14-16-13(9-15)19-17-14/h5-8,10H,3-4,9,15H2,1-2H3. The van der Waals surface area contributed by atoms with Gasteiger partial charge in [-0.3, -0.25) is 0 Å². The number of methoxy groups -OCH3 is 1. The van der Waals surface area contributed by atoms with E-state index in [4.69, 9.17) is 15.0 Å². The second-order valence-corrected chi connectivity index (χ2v) is 4.50. The zero-order valence-corrected chi connectivity index (χ0v) is 11.3. The lowest BCUT2D eigenvalue weighted by molar-refractivity contribution is 0.111. The van der Waals surface area contributed by atoms with Crippen molar-refractivity contribution in [3.05, 3.63) is 35.7 Å². The molecular weight excluding hydrogens is 242 g/mol. The Morgan fingerprint density at radius 2 is 2.05 bits per heavy atom. The minimum absolute atomic E-state index is 0.264. The van der Waals surface area contributed by atoms with Crippen molar-refractivity contribution in [2.24, 2.45) is 5.73 Å². The van der Waals surface area contributed by atoms with Gasteiger partial charge in [0.05, 0.1) is 12.6 Å². The van der Waals surface area contributed by atoms with Gasteiger partial charge in [0.25, 0.3) is 0 Å². The first-order chi connectivity index (χ1) is 9.22. The van der Waals surface area contributed by atoms with Gasteiger partial charge < -0.3 is 15.0 Å². The van der Waals surface area contributed by atoms with Crippen molar-refractivity contribution in [3.8, 4) is 11.4 Å². The maximum Gasteiger partial charge on any atom is 0.240 e. The van der Waals surface area contributed by atoms with Crippen molar-refractivity contribution in [3.63, 3.8) is 0 Å². The summed E-state index contributed by atoms with van der Waals surface area (Å²) < 4.78 is 10.2. The van der Waals surface area contributed by atoms with Crippen LogP contribution < -0.4 is 5.73 Å². The van der Waals surface area contributed by atoms with Gasteiger partial charge in [0.1, 0.15) is 0 Å². The number of rotatable bonds is 6. The minimum atomic E-state index is 0.264. The monoisotopic (exact) mass is 261 g/mol. The maximum absolute atomic E-state index is 5.44. The zero-order chi connectivity index (χ0) is 13.7. The van der Waals surface area contributed by atoms with Crippen LogP contribution in [0.3, 0.4) is 0 Å². The highest BCUT2D eigenvalue weighted by atomic mass is 16.5. The van der Waals surface area contributed by atoms with E-state index < -0.39 is 0 Å². The van der Waals surface area contributed by atoms with E-state index in [-0.39, 0.29) is 12.6 Å². The fourth-order valence-electron chi connectivity index (χ4n) is 1.76. The molecule has 0 saturated heterocycles. The van der Waals surface area contributed by atoms with Crippen LogP contribution in [-0.4, -0.2) is 23.4 Å². The van der Waals surface area contributed by atoms with Crippen LogP contribution in [0.15, 0.2) is 28.8 Å². The average molecular weight is 261 g/mol. The third-order valence-electron chi connectivity index (χ3n) is 3.10. The first-order valence-electron chi connectivity index (χ1n) is 6.37. The van der Waals surface area contributed by atoms with E-state index in [2.05, 4.69) is 29.2 Å². The van der Waals surface area contributed by atoms with Crippen molar-refractivity contribution in [2.45, 2.75) is 32.4 Å². The van der Waals surface area contributed by atoms with Crippen molar-refractivity contribution >= 4 is 0 Å². The van der Waals surface area contributed by atoms with Gasteiger partial charge in [-0.15, -0.1) is 0 Å². The Morgan fingerprint density at radius 1 is 1.32 bits per heavy atom. The third-order valence-corrected chi connectivity index (χ3v) is 3.10. The fraction of sp³-hybridized carbons (Fsp3) is 0.429. The van der Waals surface area contributed by atoms with Crippen molar-refractivity contribution in [2.75, 3.05) is 7.11 Å². The zero-order valence-electron chi connectivity index (χ0n) is 11.3. The summed E-state index contributed by atoms with van der Waals surface area (Å²) in [7, 11) is 1.74. The molecule has 2 N–H and O–H groups in total. The Bertz CT molecular complexity index is 508. The summed E-state index contributed by atoms with van der Waals surface area (Å²) in [5.74, 6) is 1.03. The minimum Gasteiger partial charge on any atom is -0.382 e. The summed E-state index contributed by atoms with van der Waals surface area (Å²) in [5.41, 5.74) is 7.65. The van der Waals surface area contributed by atoms with Crippen LogP contribution in [0.2, 0.25) is 0 Å². The van der Waals surface area contributed by atoms with E-state index in [1.807, 2.05) is 12.1 Å². The lowest BCUT2D eigenvalue weighted by Crippen LogP contribution is -2.05. The number of nitrogens with two attached hydrogens (primary N) is 1. The molecule has 2 rings (SSSR count). The number of hydrogen-bond donors (Lipinski definition) is 1. The molecule has 0 spiro atoms. The van der Waals surface area contributed by atoms with Gasteiger partial charge in [-0.05, 0) is 25.3 Å². The molecule has 102 valence electrons. The van der Waals surface area contributed by atoms with Crippen molar-refractivity contribution in [1.82, 2.24) is 10.1 Å². The molecule has 1 aromatic carbocycles. The lowest BCUT2D eigenvalue weighted by Gasteiger charge is -2.08. The topological polar surface area (TPSA) is 74.2 Å². The van der Waals surface area contributed by atoms with E-state index in [1.165, 1.54) is 5.56 Å². The molecule has 0 aliphatic heterocycles. The molecule has 5 heteroatoms.